The zero-order valence-corrected chi connectivity index (χ0v) is 12.1. The summed E-state index contributed by atoms with van der Waals surface area (Å²) in [4.78, 5) is 0. The van der Waals surface area contributed by atoms with Crippen molar-refractivity contribution in [2.75, 3.05) is 6.61 Å². The standard InChI is InChI=1S/C16H21NOS/c1-13(15-9-11-19-12-15)17-16(8-5-10-18)14-6-3-2-4-7-14/h2-4,6-7,9,11-13,16-18H,5,8,10H2,1H3. The maximum absolute atomic E-state index is 9.05. The quantitative estimate of drug-likeness (QED) is 0.803. The van der Waals surface area contributed by atoms with E-state index in [-0.39, 0.29) is 6.61 Å². The van der Waals surface area contributed by atoms with Gasteiger partial charge in [-0.3, -0.25) is 0 Å². The largest absolute Gasteiger partial charge is 0.396 e. The fourth-order valence-corrected chi connectivity index (χ4v) is 3.00. The third-order valence-electron chi connectivity index (χ3n) is 3.35. The predicted octanol–water partition coefficient (Wildman–Crippen LogP) is 3.91. The van der Waals surface area contributed by atoms with Gasteiger partial charge in [0.25, 0.3) is 0 Å². The van der Waals surface area contributed by atoms with Gasteiger partial charge in [0.1, 0.15) is 0 Å². The first-order valence-electron chi connectivity index (χ1n) is 6.75. The molecule has 0 aliphatic rings. The Kier molecular flexibility index (Phi) is 5.58. The number of aliphatic hydroxyl groups is 1. The van der Waals surface area contributed by atoms with Gasteiger partial charge in [0.2, 0.25) is 0 Å². The van der Waals surface area contributed by atoms with Crippen molar-refractivity contribution in [2.45, 2.75) is 31.8 Å². The summed E-state index contributed by atoms with van der Waals surface area (Å²) in [7, 11) is 0. The SMILES string of the molecule is CC(NC(CCCO)c1ccccc1)c1ccsc1. The topological polar surface area (TPSA) is 32.3 Å². The van der Waals surface area contributed by atoms with Crippen LogP contribution in [0.3, 0.4) is 0 Å². The molecule has 1 heterocycles. The average molecular weight is 275 g/mol. The lowest BCUT2D eigenvalue weighted by Gasteiger charge is -2.23. The Morgan fingerprint density at radius 1 is 1.16 bits per heavy atom. The monoisotopic (exact) mass is 275 g/mol. The summed E-state index contributed by atoms with van der Waals surface area (Å²) in [5, 5.41) is 17.0. The maximum atomic E-state index is 9.05. The molecule has 2 rings (SSSR count). The molecule has 2 nitrogen and oxygen atoms in total. The van der Waals surface area contributed by atoms with E-state index in [9.17, 15) is 0 Å². The molecule has 0 aliphatic carbocycles. The van der Waals surface area contributed by atoms with E-state index in [0.29, 0.717) is 12.1 Å². The Morgan fingerprint density at radius 2 is 1.95 bits per heavy atom. The van der Waals surface area contributed by atoms with Crippen LogP contribution in [0.1, 0.15) is 43.0 Å². The molecule has 0 radical (unpaired) electrons. The van der Waals surface area contributed by atoms with E-state index in [1.54, 1.807) is 11.3 Å². The van der Waals surface area contributed by atoms with Crippen LogP contribution in [0.25, 0.3) is 0 Å². The first kappa shape index (κ1) is 14.3. The lowest BCUT2D eigenvalue weighted by atomic mass is 10.0. The summed E-state index contributed by atoms with van der Waals surface area (Å²) in [5.74, 6) is 0. The minimum atomic E-state index is 0.248. The van der Waals surface area contributed by atoms with Crippen LogP contribution >= 0.6 is 11.3 Å². The molecule has 3 heteroatoms. The van der Waals surface area contributed by atoms with E-state index in [1.807, 2.05) is 6.07 Å². The van der Waals surface area contributed by atoms with Gasteiger partial charge in [-0.1, -0.05) is 30.3 Å². The predicted molar refractivity (Wildman–Crippen MR) is 81.4 cm³/mol. The normalized spacial score (nSPS) is 14.2. The molecule has 2 N–H and O–H groups in total. The van der Waals surface area contributed by atoms with Crippen molar-refractivity contribution >= 4 is 11.3 Å². The molecule has 0 aliphatic heterocycles. The Labute approximate surface area is 119 Å². The van der Waals surface area contributed by atoms with Gasteiger partial charge in [0.05, 0.1) is 0 Å². The molecule has 0 fully saturated rings. The first-order valence-corrected chi connectivity index (χ1v) is 7.69. The van der Waals surface area contributed by atoms with Crippen molar-refractivity contribution in [1.29, 1.82) is 0 Å². The van der Waals surface area contributed by atoms with Crippen LogP contribution in [0.5, 0.6) is 0 Å². The van der Waals surface area contributed by atoms with Gasteiger partial charge >= 0.3 is 0 Å². The van der Waals surface area contributed by atoms with Crippen molar-refractivity contribution in [1.82, 2.24) is 5.32 Å². The van der Waals surface area contributed by atoms with Crippen LogP contribution in [0.15, 0.2) is 47.2 Å². The third kappa shape index (κ3) is 4.16. The van der Waals surface area contributed by atoms with Crippen molar-refractivity contribution in [3.8, 4) is 0 Å². The van der Waals surface area contributed by atoms with E-state index in [2.05, 4.69) is 53.3 Å². The number of thiophene rings is 1. The molecule has 0 amide bonds. The molecule has 0 spiro atoms. The molecule has 0 bridgehead atoms. The highest BCUT2D eigenvalue weighted by Gasteiger charge is 2.15. The smallest absolute Gasteiger partial charge is 0.0431 e. The highest BCUT2D eigenvalue weighted by molar-refractivity contribution is 7.07. The molecular formula is C16H21NOS. The molecule has 0 saturated heterocycles. The Bertz CT molecular complexity index is 455. The van der Waals surface area contributed by atoms with Crippen LogP contribution < -0.4 is 5.32 Å². The van der Waals surface area contributed by atoms with E-state index in [4.69, 9.17) is 5.11 Å². The highest BCUT2D eigenvalue weighted by Crippen LogP contribution is 2.24. The molecule has 2 aromatic rings. The maximum Gasteiger partial charge on any atom is 0.0431 e. The summed E-state index contributed by atoms with van der Waals surface area (Å²) in [6, 6.07) is 13.3. The van der Waals surface area contributed by atoms with Gasteiger partial charge in [0, 0.05) is 18.7 Å². The lowest BCUT2D eigenvalue weighted by Crippen LogP contribution is -2.24. The number of benzene rings is 1. The summed E-state index contributed by atoms with van der Waals surface area (Å²) in [5.41, 5.74) is 2.62. The summed E-state index contributed by atoms with van der Waals surface area (Å²) in [6.07, 6.45) is 1.78. The van der Waals surface area contributed by atoms with Crippen LogP contribution in [-0.4, -0.2) is 11.7 Å². The zero-order chi connectivity index (χ0) is 13.5. The number of hydrogen-bond donors (Lipinski definition) is 2. The Hall–Kier alpha value is -1.16. The average Bonchev–Trinajstić information content (AvgIpc) is 2.98. The van der Waals surface area contributed by atoms with Gasteiger partial charge in [-0.05, 0) is 47.7 Å². The molecular weight excluding hydrogens is 254 g/mol. The summed E-state index contributed by atoms with van der Waals surface area (Å²) >= 11 is 1.73. The lowest BCUT2D eigenvalue weighted by molar-refractivity contribution is 0.272. The number of rotatable bonds is 7. The fraction of sp³-hybridized carbons (Fsp3) is 0.375. The minimum Gasteiger partial charge on any atom is -0.396 e. The summed E-state index contributed by atoms with van der Waals surface area (Å²) in [6.45, 7) is 2.44. The number of nitrogens with one attached hydrogen (secondary N) is 1. The molecule has 2 unspecified atom stereocenters. The molecule has 19 heavy (non-hydrogen) atoms. The zero-order valence-electron chi connectivity index (χ0n) is 11.3. The van der Waals surface area contributed by atoms with Crippen LogP contribution in [-0.2, 0) is 0 Å². The Balaban J connectivity index is 2.05. The van der Waals surface area contributed by atoms with Gasteiger partial charge in [-0.25, -0.2) is 0 Å². The molecule has 102 valence electrons. The van der Waals surface area contributed by atoms with Crippen molar-refractivity contribution in [3.05, 3.63) is 58.3 Å². The van der Waals surface area contributed by atoms with E-state index in [0.717, 1.165) is 12.8 Å². The molecule has 1 aromatic carbocycles. The fourth-order valence-electron chi connectivity index (χ4n) is 2.25. The van der Waals surface area contributed by atoms with Gasteiger partial charge < -0.3 is 10.4 Å². The first-order chi connectivity index (χ1) is 9.31. The number of hydrogen-bond acceptors (Lipinski definition) is 3. The van der Waals surface area contributed by atoms with E-state index >= 15 is 0 Å². The third-order valence-corrected chi connectivity index (χ3v) is 4.05. The molecule has 0 saturated carbocycles. The van der Waals surface area contributed by atoms with Crippen LogP contribution in [0.2, 0.25) is 0 Å². The van der Waals surface area contributed by atoms with Crippen molar-refractivity contribution < 1.29 is 5.11 Å². The highest BCUT2D eigenvalue weighted by atomic mass is 32.1. The molecule has 1 aromatic heterocycles. The van der Waals surface area contributed by atoms with E-state index in [1.165, 1.54) is 11.1 Å². The number of aliphatic hydroxyl groups excluding tert-OH is 1. The van der Waals surface area contributed by atoms with E-state index < -0.39 is 0 Å². The van der Waals surface area contributed by atoms with Gasteiger partial charge in [-0.2, -0.15) is 11.3 Å². The van der Waals surface area contributed by atoms with Crippen molar-refractivity contribution in [2.24, 2.45) is 0 Å². The minimum absolute atomic E-state index is 0.248. The second-order valence-electron chi connectivity index (χ2n) is 4.77. The van der Waals surface area contributed by atoms with Crippen LogP contribution in [0, 0.1) is 0 Å². The van der Waals surface area contributed by atoms with Gasteiger partial charge in [0.15, 0.2) is 0 Å². The van der Waals surface area contributed by atoms with Gasteiger partial charge in [-0.15, -0.1) is 0 Å². The Morgan fingerprint density at radius 3 is 2.58 bits per heavy atom. The van der Waals surface area contributed by atoms with Crippen LogP contribution in [0.4, 0.5) is 0 Å². The molecule has 2 atom stereocenters. The second kappa shape index (κ2) is 7.43. The second-order valence-corrected chi connectivity index (χ2v) is 5.55. The summed E-state index contributed by atoms with van der Waals surface area (Å²) < 4.78 is 0. The van der Waals surface area contributed by atoms with Crippen molar-refractivity contribution in [3.63, 3.8) is 0 Å².